The molecule has 1 saturated heterocycles. The number of nitrogens with zero attached hydrogens (tertiary/aromatic N) is 2. The lowest BCUT2D eigenvalue weighted by Gasteiger charge is -2.24. The molecule has 0 spiro atoms. The Balaban J connectivity index is 0.00000312. The van der Waals surface area contributed by atoms with Crippen LogP contribution in [0.3, 0.4) is 0 Å². The van der Waals surface area contributed by atoms with Crippen molar-refractivity contribution in [2.75, 3.05) is 33.8 Å². The van der Waals surface area contributed by atoms with E-state index < -0.39 is 0 Å². The minimum atomic E-state index is 0. The lowest BCUT2D eigenvalue weighted by Crippen LogP contribution is -2.45. The van der Waals surface area contributed by atoms with Crippen LogP contribution in [0, 0.1) is 0 Å². The predicted molar refractivity (Wildman–Crippen MR) is 111 cm³/mol. The lowest BCUT2D eigenvalue weighted by atomic mass is 10.1. The molecule has 25 heavy (non-hydrogen) atoms. The van der Waals surface area contributed by atoms with E-state index in [1.54, 1.807) is 19.0 Å². The smallest absolute Gasteiger partial charge is 0.241 e. The first-order valence-corrected chi connectivity index (χ1v) is 8.53. The number of nitrogens with one attached hydrogen (secondary N) is 2. The number of carbonyl (C=O) groups is 1. The van der Waals surface area contributed by atoms with Gasteiger partial charge in [-0.1, -0.05) is 30.3 Å². The van der Waals surface area contributed by atoms with Crippen LogP contribution in [0.4, 0.5) is 0 Å². The summed E-state index contributed by atoms with van der Waals surface area (Å²) < 4.78 is 5.73. The predicted octanol–water partition coefficient (Wildman–Crippen LogP) is 2.00. The van der Waals surface area contributed by atoms with Crippen molar-refractivity contribution >= 4 is 35.8 Å². The summed E-state index contributed by atoms with van der Waals surface area (Å²) in [5.41, 5.74) is 1.13. The highest BCUT2D eigenvalue weighted by Gasteiger charge is 2.14. The third-order valence-electron chi connectivity index (χ3n) is 3.94. The van der Waals surface area contributed by atoms with Gasteiger partial charge in [0.1, 0.15) is 0 Å². The van der Waals surface area contributed by atoms with Crippen molar-refractivity contribution in [3.05, 3.63) is 35.9 Å². The Morgan fingerprint density at radius 3 is 2.64 bits per heavy atom. The number of hydrogen-bond donors (Lipinski definition) is 2. The fourth-order valence-electron chi connectivity index (χ4n) is 2.42. The average molecular weight is 460 g/mol. The van der Waals surface area contributed by atoms with E-state index >= 15 is 0 Å². The maximum Gasteiger partial charge on any atom is 0.241 e. The zero-order valence-corrected chi connectivity index (χ0v) is 17.4. The van der Waals surface area contributed by atoms with Crippen molar-refractivity contribution in [3.8, 4) is 0 Å². The molecule has 1 aliphatic heterocycles. The Kier molecular flexibility index (Phi) is 10.5. The minimum Gasteiger partial charge on any atom is -0.376 e. The summed E-state index contributed by atoms with van der Waals surface area (Å²) in [5.74, 6) is 0.654. The number of aliphatic imine (C=N–C) groups is 1. The van der Waals surface area contributed by atoms with Crippen LogP contribution in [0.5, 0.6) is 0 Å². The molecule has 0 aliphatic carbocycles. The number of ether oxygens (including phenoxy) is 1. The molecule has 0 aromatic heterocycles. The van der Waals surface area contributed by atoms with Gasteiger partial charge in [0.15, 0.2) is 5.96 Å². The van der Waals surface area contributed by atoms with E-state index in [1.807, 2.05) is 30.3 Å². The number of carbonyl (C=O) groups excluding carboxylic acids is 1. The fraction of sp³-hybridized carbons (Fsp3) is 0.556. The van der Waals surface area contributed by atoms with Crippen molar-refractivity contribution in [1.82, 2.24) is 15.5 Å². The molecule has 1 aromatic rings. The van der Waals surface area contributed by atoms with Crippen LogP contribution < -0.4 is 10.6 Å². The highest BCUT2D eigenvalue weighted by atomic mass is 127. The third kappa shape index (κ3) is 8.53. The molecule has 0 bridgehead atoms. The maximum atomic E-state index is 11.8. The van der Waals surface area contributed by atoms with Crippen molar-refractivity contribution in [2.24, 2.45) is 4.99 Å². The van der Waals surface area contributed by atoms with Crippen LogP contribution >= 0.6 is 24.0 Å². The van der Waals surface area contributed by atoms with Gasteiger partial charge in [-0.2, -0.15) is 0 Å². The maximum absolute atomic E-state index is 11.8. The van der Waals surface area contributed by atoms with E-state index in [0.29, 0.717) is 19.0 Å². The number of hydrogen-bond acceptors (Lipinski definition) is 3. The number of rotatable bonds is 6. The van der Waals surface area contributed by atoms with Crippen molar-refractivity contribution in [1.29, 1.82) is 0 Å². The zero-order valence-electron chi connectivity index (χ0n) is 15.0. The van der Waals surface area contributed by atoms with Gasteiger partial charge in [-0.15, -0.1) is 24.0 Å². The van der Waals surface area contributed by atoms with E-state index in [1.165, 1.54) is 6.42 Å². The van der Waals surface area contributed by atoms with Crippen LogP contribution in [-0.4, -0.2) is 56.7 Å². The minimum absolute atomic E-state index is 0. The SMILES string of the molecule is CN(C)C(=O)CNC(=NCc1ccccc1)NCC1CCCCO1.I. The molecular formula is C18H29IN4O2. The summed E-state index contributed by atoms with van der Waals surface area (Å²) in [6, 6.07) is 10.1. The second-order valence-electron chi connectivity index (χ2n) is 6.16. The molecule has 1 aromatic carbocycles. The Morgan fingerprint density at radius 1 is 1.24 bits per heavy atom. The van der Waals surface area contributed by atoms with Crippen molar-refractivity contribution in [3.63, 3.8) is 0 Å². The molecule has 6 nitrogen and oxygen atoms in total. The van der Waals surface area contributed by atoms with Gasteiger partial charge < -0.3 is 20.3 Å². The number of guanidine groups is 1. The monoisotopic (exact) mass is 460 g/mol. The van der Waals surface area contributed by atoms with Gasteiger partial charge in [0.25, 0.3) is 0 Å². The van der Waals surface area contributed by atoms with E-state index in [0.717, 1.165) is 25.0 Å². The topological polar surface area (TPSA) is 66.0 Å². The van der Waals surface area contributed by atoms with Crippen LogP contribution in [-0.2, 0) is 16.1 Å². The molecule has 1 fully saturated rings. The highest BCUT2D eigenvalue weighted by Crippen LogP contribution is 2.11. The molecule has 140 valence electrons. The van der Waals surface area contributed by atoms with Gasteiger partial charge in [0.2, 0.25) is 5.91 Å². The molecule has 0 radical (unpaired) electrons. The van der Waals surface area contributed by atoms with E-state index in [-0.39, 0.29) is 42.5 Å². The molecule has 7 heteroatoms. The van der Waals surface area contributed by atoms with Gasteiger partial charge in [0, 0.05) is 27.2 Å². The first-order chi connectivity index (χ1) is 11.6. The average Bonchev–Trinajstić information content (AvgIpc) is 2.62. The second-order valence-corrected chi connectivity index (χ2v) is 6.16. The second kappa shape index (κ2) is 12.1. The van der Waals surface area contributed by atoms with Crippen LogP contribution in [0.15, 0.2) is 35.3 Å². The third-order valence-corrected chi connectivity index (χ3v) is 3.94. The standard InChI is InChI=1S/C18H28N4O2.HI/c1-22(2)17(23)14-21-18(19-12-15-8-4-3-5-9-15)20-13-16-10-6-7-11-24-16;/h3-5,8-9,16H,6-7,10-14H2,1-2H3,(H2,19,20,21);1H. The van der Waals surface area contributed by atoms with Crippen LogP contribution in [0.1, 0.15) is 24.8 Å². The van der Waals surface area contributed by atoms with Gasteiger partial charge in [0.05, 0.1) is 19.2 Å². The first kappa shape index (κ1) is 21.7. The quantitative estimate of drug-likeness (QED) is 0.387. The molecular weight excluding hydrogens is 431 g/mol. The molecule has 2 rings (SSSR count). The Labute approximate surface area is 167 Å². The summed E-state index contributed by atoms with van der Waals surface area (Å²) in [6.45, 7) is 2.32. The van der Waals surface area contributed by atoms with Gasteiger partial charge >= 0.3 is 0 Å². The summed E-state index contributed by atoms with van der Waals surface area (Å²) >= 11 is 0. The van der Waals surface area contributed by atoms with Gasteiger partial charge in [-0.25, -0.2) is 4.99 Å². The van der Waals surface area contributed by atoms with Gasteiger partial charge in [-0.05, 0) is 24.8 Å². The molecule has 1 amide bonds. The summed E-state index contributed by atoms with van der Waals surface area (Å²) in [4.78, 5) is 17.9. The first-order valence-electron chi connectivity index (χ1n) is 8.53. The summed E-state index contributed by atoms with van der Waals surface area (Å²) in [6.07, 6.45) is 3.62. The fourth-order valence-corrected chi connectivity index (χ4v) is 2.42. The Hall–Kier alpha value is -1.35. The Bertz CT molecular complexity index is 531. The van der Waals surface area contributed by atoms with E-state index in [4.69, 9.17) is 4.74 Å². The molecule has 1 unspecified atom stereocenters. The lowest BCUT2D eigenvalue weighted by molar-refractivity contribution is -0.127. The largest absolute Gasteiger partial charge is 0.376 e. The van der Waals surface area contributed by atoms with E-state index in [2.05, 4.69) is 15.6 Å². The number of likely N-dealkylation sites (N-methyl/N-ethyl adjacent to an activating group) is 1. The number of benzene rings is 1. The van der Waals surface area contributed by atoms with Gasteiger partial charge in [-0.3, -0.25) is 4.79 Å². The Morgan fingerprint density at radius 2 is 2.00 bits per heavy atom. The molecule has 1 atom stereocenters. The van der Waals surface area contributed by atoms with Crippen LogP contribution in [0.25, 0.3) is 0 Å². The molecule has 1 aliphatic rings. The highest BCUT2D eigenvalue weighted by molar-refractivity contribution is 14.0. The molecule has 0 saturated carbocycles. The normalized spacial score (nSPS) is 17.4. The molecule has 1 heterocycles. The summed E-state index contributed by atoms with van der Waals surface area (Å²) in [5, 5.41) is 6.40. The van der Waals surface area contributed by atoms with E-state index in [9.17, 15) is 4.79 Å². The zero-order chi connectivity index (χ0) is 17.2. The van der Waals surface area contributed by atoms with Crippen molar-refractivity contribution < 1.29 is 9.53 Å². The van der Waals surface area contributed by atoms with Crippen molar-refractivity contribution in [2.45, 2.75) is 31.9 Å². The molecule has 2 N–H and O–H groups in total. The number of halogens is 1. The number of amides is 1. The summed E-state index contributed by atoms with van der Waals surface area (Å²) in [7, 11) is 3.49. The van der Waals surface area contributed by atoms with Crippen LogP contribution in [0.2, 0.25) is 0 Å².